The van der Waals surface area contributed by atoms with Crippen LogP contribution < -0.4 is 0 Å². The van der Waals surface area contributed by atoms with E-state index in [2.05, 4.69) is 30.7 Å². The summed E-state index contributed by atoms with van der Waals surface area (Å²) in [4.78, 5) is 18.7. The van der Waals surface area contributed by atoms with Crippen molar-refractivity contribution in [3.8, 4) is 0 Å². The first-order valence-corrected chi connectivity index (χ1v) is 6.04. The van der Waals surface area contributed by atoms with E-state index < -0.39 is 0 Å². The van der Waals surface area contributed by atoms with Crippen LogP contribution in [0.3, 0.4) is 0 Å². The standard InChI is InChI=1S/C11H18N2O2S/c1-11(2,3)7-8(9(14)15-4)16-10-12-5-6-13-10/h5-6,8H,7H2,1-4H3,(H,12,13). The average molecular weight is 242 g/mol. The molecule has 1 N–H and O–H groups in total. The fourth-order valence-corrected chi connectivity index (χ4v) is 2.61. The summed E-state index contributed by atoms with van der Waals surface area (Å²) in [7, 11) is 1.42. The van der Waals surface area contributed by atoms with Crippen molar-refractivity contribution in [2.75, 3.05) is 7.11 Å². The first kappa shape index (κ1) is 13.1. The lowest BCUT2D eigenvalue weighted by Crippen LogP contribution is -2.24. The van der Waals surface area contributed by atoms with Gasteiger partial charge in [0.15, 0.2) is 5.16 Å². The number of carbonyl (C=O) groups is 1. The summed E-state index contributed by atoms with van der Waals surface area (Å²) < 4.78 is 4.81. The second kappa shape index (κ2) is 5.39. The lowest BCUT2D eigenvalue weighted by Gasteiger charge is -2.23. The van der Waals surface area contributed by atoms with Crippen molar-refractivity contribution in [1.82, 2.24) is 9.97 Å². The maximum absolute atomic E-state index is 11.6. The summed E-state index contributed by atoms with van der Waals surface area (Å²) in [6.45, 7) is 6.31. The molecule has 0 amide bonds. The zero-order chi connectivity index (χ0) is 12.2. The van der Waals surface area contributed by atoms with Gasteiger partial charge in [-0.1, -0.05) is 32.5 Å². The molecule has 1 atom stereocenters. The molecule has 0 radical (unpaired) electrons. The summed E-state index contributed by atoms with van der Waals surface area (Å²) >= 11 is 1.41. The van der Waals surface area contributed by atoms with Gasteiger partial charge in [-0.2, -0.15) is 0 Å². The number of ether oxygens (including phenoxy) is 1. The second-order valence-corrected chi connectivity index (χ2v) is 5.98. The SMILES string of the molecule is COC(=O)C(CC(C)(C)C)Sc1ncc[nH]1. The third-order valence-electron chi connectivity index (χ3n) is 1.99. The van der Waals surface area contributed by atoms with E-state index >= 15 is 0 Å². The van der Waals surface area contributed by atoms with Gasteiger partial charge in [-0.15, -0.1) is 0 Å². The molecule has 0 aliphatic carbocycles. The maximum atomic E-state index is 11.6. The van der Waals surface area contributed by atoms with Gasteiger partial charge in [-0.3, -0.25) is 4.79 Å². The number of rotatable bonds is 4. The van der Waals surface area contributed by atoms with Gasteiger partial charge >= 0.3 is 5.97 Å². The number of imidazole rings is 1. The van der Waals surface area contributed by atoms with Crippen molar-refractivity contribution in [1.29, 1.82) is 0 Å². The van der Waals surface area contributed by atoms with Gasteiger partial charge in [0.1, 0.15) is 5.25 Å². The normalized spacial score (nSPS) is 13.5. The summed E-state index contributed by atoms with van der Waals surface area (Å²) in [5.41, 5.74) is 0.0818. The van der Waals surface area contributed by atoms with E-state index in [0.717, 1.165) is 11.6 Å². The zero-order valence-corrected chi connectivity index (χ0v) is 10.9. The number of hydrogen-bond acceptors (Lipinski definition) is 4. The molecule has 4 nitrogen and oxygen atoms in total. The highest BCUT2D eigenvalue weighted by atomic mass is 32.2. The van der Waals surface area contributed by atoms with Crippen molar-refractivity contribution in [2.24, 2.45) is 5.41 Å². The molecule has 90 valence electrons. The number of nitrogens with zero attached hydrogens (tertiary/aromatic N) is 1. The van der Waals surface area contributed by atoms with Crippen molar-refractivity contribution in [3.05, 3.63) is 12.4 Å². The Morgan fingerprint density at radius 1 is 1.62 bits per heavy atom. The third kappa shape index (κ3) is 4.26. The maximum Gasteiger partial charge on any atom is 0.319 e. The fraction of sp³-hybridized carbons (Fsp3) is 0.636. The Morgan fingerprint density at radius 2 is 2.31 bits per heavy atom. The van der Waals surface area contributed by atoms with Crippen molar-refractivity contribution in [2.45, 2.75) is 37.6 Å². The molecule has 1 aromatic heterocycles. The number of H-pyrrole nitrogens is 1. The van der Waals surface area contributed by atoms with E-state index in [-0.39, 0.29) is 16.6 Å². The minimum absolute atomic E-state index is 0.0818. The second-order valence-electron chi connectivity index (χ2n) is 4.79. The number of thioether (sulfide) groups is 1. The quantitative estimate of drug-likeness (QED) is 0.651. The Hall–Kier alpha value is -0.970. The van der Waals surface area contributed by atoms with Gasteiger partial charge in [0.05, 0.1) is 7.11 Å². The molecule has 0 aliphatic rings. The molecule has 0 bridgehead atoms. The number of carbonyl (C=O) groups excluding carboxylic acids is 1. The smallest absolute Gasteiger partial charge is 0.319 e. The monoisotopic (exact) mass is 242 g/mol. The number of esters is 1. The van der Waals surface area contributed by atoms with Gasteiger partial charge in [0.25, 0.3) is 0 Å². The number of nitrogens with one attached hydrogen (secondary N) is 1. The van der Waals surface area contributed by atoms with Crippen LogP contribution in [-0.4, -0.2) is 28.3 Å². The van der Waals surface area contributed by atoms with Gasteiger partial charge in [0.2, 0.25) is 0 Å². The van der Waals surface area contributed by atoms with Crippen LogP contribution in [0.25, 0.3) is 0 Å². The molecule has 0 saturated carbocycles. The minimum Gasteiger partial charge on any atom is -0.468 e. The van der Waals surface area contributed by atoms with Crippen LogP contribution in [0.15, 0.2) is 17.6 Å². The van der Waals surface area contributed by atoms with Gasteiger partial charge < -0.3 is 9.72 Å². The summed E-state index contributed by atoms with van der Waals surface area (Å²) in [5.74, 6) is -0.198. The van der Waals surface area contributed by atoms with E-state index in [1.807, 2.05) is 0 Å². The van der Waals surface area contributed by atoms with E-state index in [1.165, 1.54) is 18.9 Å². The van der Waals surface area contributed by atoms with Crippen LogP contribution in [0, 0.1) is 5.41 Å². The molecule has 0 fully saturated rings. The molecule has 1 rings (SSSR count). The largest absolute Gasteiger partial charge is 0.468 e. The Balaban J connectivity index is 2.68. The van der Waals surface area contributed by atoms with Gasteiger partial charge in [0, 0.05) is 12.4 Å². The molecule has 5 heteroatoms. The molecular weight excluding hydrogens is 224 g/mol. The number of hydrogen-bond donors (Lipinski definition) is 1. The topological polar surface area (TPSA) is 55.0 Å². The van der Waals surface area contributed by atoms with Crippen LogP contribution in [0.2, 0.25) is 0 Å². The molecule has 0 aromatic carbocycles. The predicted octanol–water partition coefficient (Wildman–Crippen LogP) is 2.48. The Kier molecular flexibility index (Phi) is 4.41. The number of aromatic amines is 1. The molecule has 0 saturated heterocycles. The molecule has 1 unspecified atom stereocenters. The van der Waals surface area contributed by atoms with Crippen LogP contribution in [0.5, 0.6) is 0 Å². The lowest BCUT2D eigenvalue weighted by atomic mass is 9.90. The highest BCUT2D eigenvalue weighted by molar-refractivity contribution is 8.00. The first-order chi connectivity index (χ1) is 7.42. The fourth-order valence-electron chi connectivity index (χ4n) is 1.31. The Bertz CT molecular complexity index is 330. The molecule has 1 aromatic rings. The highest BCUT2D eigenvalue weighted by Gasteiger charge is 2.27. The van der Waals surface area contributed by atoms with E-state index in [1.54, 1.807) is 12.4 Å². The van der Waals surface area contributed by atoms with Gasteiger partial charge in [-0.25, -0.2) is 4.98 Å². The summed E-state index contributed by atoms with van der Waals surface area (Å²) in [5, 5.41) is 0.538. The van der Waals surface area contributed by atoms with E-state index in [0.29, 0.717) is 0 Å². The number of aromatic nitrogens is 2. The Labute approximate surface area is 100 Å². The summed E-state index contributed by atoms with van der Waals surface area (Å²) in [6.07, 6.45) is 4.17. The van der Waals surface area contributed by atoms with Crippen LogP contribution in [0.4, 0.5) is 0 Å². The number of methoxy groups -OCH3 is 1. The molecule has 16 heavy (non-hydrogen) atoms. The van der Waals surface area contributed by atoms with Crippen LogP contribution >= 0.6 is 11.8 Å². The predicted molar refractivity (Wildman–Crippen MR) is 64.3 cm³/mol. The van der Waals surface area contributed by atoms with Crippen molar-refractivity contribution >= 4 is 17.7 Å². The zero-order valence-electron chi connectivity index (χ0n) is 10.1. The van der Waals surface area contributed by atoms with Crippen molar-refractivity contribution < 1.29 is 9.53 Å². The molecular formula is C11H18N2O2S. The first-order valence-electron chi connectivity index (χ1n) is 5.16. The molecule has 1 heterocycles. The van der Waals surface area contributed by atoms with E-state index in [4.69, 9.17) is 4.74 Å². The van der Waals surface area contributed by atoms with E-state index in [9.17, 15) is 4.79 Å². The van der Waals surface area contributed by atoms with Crippen LogP contribution in [0.1, 0.15) is 27.2 Å². The Morgan fingerprint density at radius 3 is 2.75 bits per heavy atom. The summed E-state index contributed by atoms with van der Waals surface area (Å²) in [6, 6.07) is 0. The average Bonchev–Trinajstić information content (AvgIpc) is 2.66. The van der Waals surface area contributed by atoms with Crippen molar-refractivity contribution in [3.63, 3.8) is 0 Å². The van der Waals surface area contributed by atoms with Gasteiger partial charge in [-0.05, 0) is 11.8 Å². The van der Waals surface area contributed by atoms with Crippen LogP contribution in [-0.2, 0) is 9.53 Å². The lowest BCUT2D eigenvalue weighted by molar-refractivity contribution is -0.140. The molecule has 0 aliphatic heterocycles. The highest BCUT2D eigenvalue weighted by Crippen LogP contribution is 2.31. The minimum atomic E-state index is -0.212. The third-order valence-corrected chi connectivity index (χ3v) is 3.08. The molecule has 0 spiro atoms.